The van der Waals surface area contributed by atoms with E-state index in [0.29, 0.717) is 30.2 Å². The van der Waals surface area contributed by atoms with Crippen LogP contribution in [0.2, 0.25) is 0 Å². The van der Waals surface area contributed by atoms with Crippen LogP contribution in [-0.4, -0.2) is 46.9 Å². The third-order valence-corrected chi connectivity index (χ3v) is 3.91. The minimum Gasteiger partial charge on any atom is -0.493 e. The molecular formula is C16H25ClN2O4. The van der Waals surface area contributed by atoms with Crippen molar-refractivity contribution in [3.8, 4) is 17.2 Å². The second-order valence-corrected chi connectivity index (χ2v) is 5.22. The van der Waals surface area contributed by atoms with Crippen LogP contribution in [0.5, 0.6) is 17.2 Å². The topological polar surface area (TPSA) is 68.8 Å². The largest absolute Gasteiger partial charge is 0.493 e. The first-order chi connectivity index (χ1) is 10.7. The molecule has 1 aliphatic rings. The van der Waals surface area contributed by atoms with Gasteiger partial charge in [0.15, 0.2) is 11.5 Å². The van der Waals surface area contributed by atoms with Crippen molar-refractivity contribution in [1.82, 2.24) is 10.6 Å². The van der Waals surface area contributed by atoms with Crippen LogP contribution in [0.3, 0.4) is 0 Å². The highest BCUT2D eigenvalue weighted by Gasteiger charge is 2.22. The van der Waals surface area contributed by atoms with Gasteiger partial charge < -0.3 is 24.8 Å². The van der Waals surface area contributed by atoms with Gasteiger partial charge in [0.1, 0.15) is 0 Å². The molecule has 0 aromatic heterocycles. The van der Waals surface area contributed by atoms with Crippen LogP contribution < -0.4 is 24.8 Å². The van der Waals surface area contributed by atoms with E-state index in [0.717, 1.165) is 25.1 Å². The van der Waals surface area contributed by atoms with Crippen LogP contribution in [0.4, 0.5) is 0 Å². The van der Waals surface area contributed by atoms with Crippen molar-refractivity contribution in [1.29, 1.82) is 0 Å². The number of benzene rings is 1. The SMILES string of the molecule is COc1ccc(CCNC(=O)C2CCNC2)c(OC)c1OC.Cl. The van der Waals surface area contributed by atoms with Crippen molar-refractivity contribution in [2.75, 3.05) is 41.0 Å². The van der Waals surface area contributed by atoms with Gasteiger partial charge in [-0.1, -0.05) is 6.07 Å². The van der Waals surface area contributed by atoms with Gasteiger partial charge in [0.25, 0.3) is 0 Å². The molecule has 1 saturated heterocycles. The average molecular weight is 345 g/mol. The molecule has 0 spiro atoms. The predicted molar refractivity (Wildman–Crippen MR) is 91.0 cm³/mol. The van der Waals surface area contributed by atoms with Gasteiger partial charge in [0.2, 0.25) is 11.7 Å². The number of halogens is 1. The summed E-state index contributed by atoms with van der Waals surface area (Å²) in [6.07, 6.45) is 1.58. The third-order valence-electron chi connectivity index (χ3n) is 3.91. The summed E-state index contributed by atoms with van der Waals surface area (Å²) in [5.41, 5.74) is 0.977. The van der Waals surface area contributed by atoms with Crippen LogP contribution in [-0.2, 0) is 11.2 Å². The Morgan fingerprint density at radius 1 is 1.22 bits per heavy atom. The summed E-state index contributed by atoms with van der Waals surface area (Å²) in [5.74, 6) is 2.06. The fraction of sp³-hybridized carbons (Fsp3) is 0.562. The van der Waals surface area contributed by atoms with Gasteiger partial charge in [0, 0.05) is 18.7 Å². The maximum absolute atomic E-state index is 12.0. The summed E-state index contributed by atoms with van der Waals surface area (Å²) in [6, 6.07) is 3.78. The summed E-state index contributed by atoms with van der Waals surface area (Å²) in [6.45, 7) is 2.26. The molecule has 0 bridgehead atoms. The van der Waals surface area contributed by atoms with E-state index in [-0.39, 0.29) is 24.2 Å². The fourth-order valence-corrected chi connectivity index (χ4v) is 2.70. The molecule has 1 aromatic carbocycles. The molecule has 1 atom stereocenters. The van der Waals surface area contributed by atoms with E-state index in [1.165, 1.54) is 0 Å². The number of hydrogen-bond donors (Lipinski definition) is 2. The normalized spacial score (nSPS) is 16.4. The Morgan fingerprint density at radius 2 is 1.96 bits per heavy atom. The highest BCUT2D eigenvalue weighted by molar-refractivity contribution is 5.85. The van der Waals surface area contributed by atoms with Crippen LogP contribution in [0.25, 0.3) is 0 Å². The first-order valence-corrected chi connectivity index (χ1v) is 7.47. The molecule has 23 heavy (non-hydrogen) atoms. The van der Waals surface area contributed by atoms with E-state index < -0.39 is 0 Å². The van der Waals surface area contributed by atoms with Gasteiger partial charge in [-0.3, -0.25) is 4.79 Å². The lowest BCUT2D eigenvalue weighted by molar-refractivity contribution is -0.124. The Balaban J connectivity index is 0.00000264. The summed E-state index contributed by atoms with van der Waals surface area (Å²) in [7, 11) is 4.77. The molecule has 1 aliphatic heterocycles. The molecule has 6 nitrogen and oxygen atoms in total. The second kappa shape index (κ2) is 9.47. The lowest BCUT2D eigenvalue weighted by Crippen LogP contribution is -2.33. The van der Waals surface area contributed by atoms with Crippen molar-refractivity contribution < 1.29 is 19.0 Å². The number of ether oxygens (including phenoxy) is 3. The maximum Gasteiger partial charge on any atom is 0.224 e. The van der Waals surface area contributed by atoms with E-state index in [1.54, 1.807) is 21.3 Å². The van der Waals surface area contributed by atoms with E-state index in [4.69, 9.17) is 14.2 Å². The molecule has 7 heteroatoms. The highest BCUT2D eigenvalue weighted by atomic mass is 35.5. The van der Waals surface area contributed by atoms with Gasteiger partial charge >= 0.3 is 0 Å². The zero-order valence-electron chi connectivity index (χ0n) is 13.8. The molecule has 0 aliphatic carbocycles. The Morgan fingerprint density at radius 3 is 2.52 bits per heavy atom. The molecule has 1 unspecified atom stereocenters. The van der Waals surface area contributed by atoms with Gasteiger partial charge in [0.05, 0.1) is 27.2 Å². The van der Waals surface area contributed by atoms with Gasteiger partial charge in [-0.15, -0.1) is 12.4 Å². The lowest BCUT2D eigenvalue weighted by Gasteiger charge is -2.16. The lowest BCUT2D eigenvalue weighted by atomic mass is 10.1. The highest BCUT2D eigenvalue weighted by Crippen LogP contribution is 2.39. The summed E-state index contributed by atoms with van der Waals surface area (Å²) >= 11 is 0. The summed E-state index contributed by atoms with van der Waals surface area (Å²) < 4.78 is 16.1. The van der Waals surface area contributed by atoms with Crippen molar-refractivity contribution >= 4 is 18.3 Å². The molecule has 0 radical (unpaired) electrons. The molecule has 1 aromatic rings. The number of carbonyl (C=O) groups is 1. The van der Waals surface area contributed by atoms with Crippen molar-refractivity contribution in [2.45, 2.75) is 12.8 Å². The number of hydrogen-bond acceptors (Lipinski definition) is 5. The minimum atomic E-state index is 0. The maximum atomic E-state index is 12.0. The number of nitrogens with one attached hydrogen (secondary N) is 2. The molecule has 2 N–H and O–H groups in total. The summed E-state index contributed by atoms with van der Waals surface area (Å²) in [4.78, 5) is 12.0. The predicted octanol–water partition coefficient (Wildman–Crippen LogP) is 1.40. The van der Waals surface area contributed by atoms with Gasteiger partial charge in [-0.25, -0.2) is 0 Å². The number of rotatable bonds is 7. The molecule has 1 fully saturated rings. The zero-order chi connectivity index (χ0) is 15.9. The Labute approximate surface area is 143 Å². The van der Waals surface area contributed by atoms with E-state index in [2.05, 4.69) is 10.6 Å². The smallest absolute Gasteiger partial charge is 0.224 e. The summed E-state index contributed by atoms with van der Waals surface area (Å²) in [5, 5.41) is 6.18. The molecule has 1 amide bonds. The van der Waals surface area contributed by atoms with Crippen molar-refractivity contribution in [2.24, 2.45) is 5.92 Å². The van der Waals surface area contributed by atoms with Crippen LogP contribution in [0, 0.1) is 5.92 Å². The van der Waals surface area contributed by atoms with E-state index >= 15 is 0 Å². The second-order valence-electron chi connectivity index (χ2n) is 5.22. The van der Waals surface area contributed by atoms with Crippen molar-refractivity contribution in [3.05, 3.63) is 17.7 Å². The Bertz CT molecular complexity index is 519. The fourth-order valence-electron chi connectivity index (χ4n) is 2.70. The van der Waals surface area contributed by atoms with Gasteiger partial charge in [-0.05, 0) is 25.5 Å². The Hall–Kier alpha value is -1.66. The first kappa shape index (κ1) is 19.4. The molecule has 0 saturated carbocycles. The number of methoxy groups -OCH3 is 3. The standard InChI is InChI=1S/C16H24N2O4.ClH/c1-20-13-5-4-11(14(21-2)15(13)22-3)7-9-18-16(19)12-6-8-17-10-12;/h4-5,12,17H,6-10H2,1-3H3,(H,18,19);1H. The minimum absolute atomic E-state index is 0. The number of carbonyl (C=O) groups excluding carboxylic acids is 1. The zero-order valence-corrected chi connectivity index (χ0v) is 14.6. The van der Waals surface area contributed by atoms with Crippen molar-refractivity contribution in [3.63, 3.8) is 0 Å². The van der Waals surface area contributed by atoms with Crippen LogP contribution in [0.15, 0.2) is 12.1 Å². The Kier molecular flexibility index (Phi) is 7.98. The third kappa shape index (κ3) is 4.65. The van der Waals surface area contributed by atoms with E-state index in [1.807, 2.05) is 12.1 Å². The molecule has 130 valence electrons. The molecule has 1 heterocycles. The van der Waals surface area contributed by atoms with Crippen LogP contribution >= 0.6 is 12.4 Å². The monoisotopic (exact) mass is 344 g/mol. The van der Waals surface area contributed by atoms with Crippen LogP contribution in [0.1, 0.15) is 12.0 Å². The first-order valence-electron chi connectivity index (χ1n) is 7.47. The molecular weight excluding hydrogens is 320 g/mol. The molecule has 2 rings (SSSR count). The quantitative estimate of drug-likeness (QED) is 0.782. The number of amides is 1. The average Bonchev–Trinajstić information content (AvgIpc) is 3.08. The van der Waals surface area contributed by atoms with E-state index in [9.17, 15) is 4.79 Å². The van der Waals surface area contributed by atoms with Gasteiger partial charge in [-0.2, -0.15) is 0 Å².